The molecule has 0 spiro atoms. The molecule has 34 heavy (non-hydrogen) atoms. The number of hydrogen-bond donors (Lipinski definition) is 1. The van der Waals surface area contributed by atoms with Crippen LogP contribution in [0, 0.1) is 0 Å². The zero-order chi connectivity index (χ0) is 23.8. The van der Waals surface area contributed by atoms with Crippen LogP contribution in [0.3, 0.4) is 0 Å². The fourth-order valence-corrected chi connectivity index (χ4v) is 6.19. The van der Waals surface area contributed by atoms with Gasteiger partial charge in [0.15, 0.2) is 5.94 Å². The number of aromatic nitrogens is 1. The summed E-state index contributed by atoms with van der Waals surface area (Å²) in [6.07, 6.45) is 1.73. The maximum absolute atomic E-state index is 13.0. The van der Waals surface area contributed by atoms with E-state index in [4.69, 9.17) is 4.74 Å². The Morgan fingerprint density at radius 2 is 1.74 bits per heavy atom. The number of pyridine rings is 1. The predicted molar refractivity (Wildman–Crippen MR) is 132 cm³/mol. The maximum Gasteiger partial charge on any atom is 0.261 e. The molecule has 0 bridgehead atoms. The number of rotatable bonds is 5. The van der Waals surface area contributed by atoms with Crippen molar-refractivity contribution in [3.05, 3.63) is 85.1 Å². The van der Waals surface area contributed by atoms with Gasteiger partial charge >= 0.3 is 0 Å². The van der Waals surface area contributed by atoms with Crippen LogP contribution >= 0.6 is 0 Å². The van der Waals surface area contributed by atoms with Gasteiger partial charge in [0.2, 0.25) is 0 Å². The van der Waals surface area contributed by atoms with Gasteiger partial charge < -0.3 is 4.74 Å². The van der Waals surface area contributed by atoms with Gasteiger partial charge in [0.1, 0.15) is 0 Å². The molecule has 8 nitrogen and oxygen atoms in total. The van der Waals surface area contributed by atoms with Crippen molar-refractivity contribution >= 4 is 42.2 Å². The van der Waals surface area contributed by atoms with Crippen molar-refractivity contribution in [3.63, 3.8) is 0 Å². The van der Waals surface area contributed by atoms with E-state index in [1.165, 1.54) is 28.6 Å². The van der Waals surface area contributed by atoms with Gasteiger partial charge in [-0.25, -0.2) is 16.8 Å². The van der Waals surface area contributed by atoms with Gasteiger partial charge in [-0.2, -0.15) is 0 Å². The topological polar surface area (TPSA) is 106 Å². The van der Waals surface area contributed by atoms with Crippen LogP contribution < -0.4 is 9.03 Å². The highest BCUT2D eigenvalue weighted by Gasteiger charge is 2.27. The highest BCUT2D eigenvalue weighted by Crippen LogP contribution is 2.29. The third-order valence-electron chi connectivity index (χ3n) is 5.50. The summed E-state index contributed by atoms with van der Waals surface area (Å²) in [6.45, 7) is 0.463. The van der Waals surface area contributed by atoms with Crippen LogP contribution in [-0.4, -0.2) is 40.9 Å². The van der Waals surface area contributed by atoms with Crippen molar-refractivity contribution in [3.8, 4) is 11.3 Å². The summed E-state index contributed by atoms with van der Waals surface area (Å²) >= 11 is 0. The minimum Gasteiger partial charge on any atom is -0.362 e. The average Bonchev–Trinajstić information content (AvgIpc) is 2.83. The maximum atomic E-state index is 13.0. The van der Waals surface area contributed by atoms with E-state index in [9.17, 15) is 16.8 Å². The summed E-state index contributed by atoms with van der Waals surface area (Å²) in [5.74, 6) is -0.392. The number of anilines is 2. The molecule has 0 atom stereocenters. The molecule has 0 radical (unpaired) electrons. The number of sulfonamides is 2. The quantitative estimate of drug-likeness (QED) is 0.451. The first kappa shape index (κ1) is 22.3. The molecule has 4 aromatic rings. The van der Waals surface area contributed by atoms with E-state index < -0.39 is 26.0 Å². The van der Waals surface area contributed by atoms with E-state index in [-0.39, 0.29) is 18.0 Å². The molecule has 174 valence electrons. The number of fused-ring (bicyclic) bond motifs is 1. The lowest BCUT2D eigenvalue weighted by atomic mass is 10.0. The minimum absolute atomic E-state index is 0.0237. The summed E-state index contributed by atoms with van der Waals surface area (Å²) in [5.41, 5.74) is 2.33. The van der Waals surface area contributed by atoms with E-state index in [1.807, 2.05) is 36.4 Å². The van der Waals surface area contributed by atoms with Crippen molar-refractivity contribution in [2.24, 2.45) is 0 Å². The first-order chi connectivity index (χ1) is 16.3. The van der Waals surface area contributed by atoms with Crippen molar-refractivity contribution in [2.45, 2.75) is 4.90 Å². The molecule has 1 aromatic heterocycles. The average molecular weight is 496 g/mol. The molecule has 10 heteroatoms. The van der Waals surface area contributed by atoms with Crippen molar-refractivity contribution in [1.29, 1.82) is 0 Å². The molecule has 2 heterocycles. The summed E-state index contributed by atoms with van der Waals surface area (Å²) < 4.78 is 59.2. The third kappa shape index (κ3) is 4.35. The second kappa shape index (κ2) is 8.71. The van der Waals surface area contributed by atoms with Gasteiger partial charge in [-0.3, -0.25) is 14.0 Å². The molecule has 1 aliphatic rings. The normalized spacial score (nSPS) is 15.8. The van der Waals surface area contributed by atoms with Crippen LogP contribution in [0.4, 0.5) is 11.4 Å². The molecule has 1 saturated heterocycles. The van der Waals surface area contributed by atoms with Crippen LogP contribution in [0.15, 0.2) is 90.0 Å². The second-order valence-electron chi connectivity index (χ2n) is 7.77. The van der Waals surface area contributed by atoms with E-state index in [1.54, 1.807) is 24.4 Å². The fourth-order valence-electron chi connectivity index (χ4n) is 3.89. The SMILES string of the molecule is O=S(=O)(Nc1cccc(-c2nccc3ccccc23)c1)c1ccc(N2CCOCS2(=O)=O)cc1. The number of hydrogen-bond acceptors (Lipinski definition) is 6. The number of ether oxygens (including phenoxy) is 1. The first-order valence-corrected chi connectivity index (χ1v) is 13.6. The van der Waals surface area contributed by atoms with Crippen LogP contribution in [0.5, 0.6) is 0 Å². The van der Waals surface area contributed by atoms with Crippen molar-refractivity contribution in [1.82, 2.24) is 4.98 Å². The Hall–Kier alpha value is -3.47. The van der Waals surface area contributed by atoms with Crippen LogP contribution in [0.2, 0.25) is 0 Å². The Kier molecular flexibility index (Phi) is 5.72. The zero-order valence-electron chi connectivity index (χ0n) is 18.0. The van der Waals surface area contributed by atoms with Crippen molar-refractivity contribution < 1.29 is 21.6 Å². The molecule has 0 amide bonds. The van der Waals surface area contributed by atoms with Crippen LogP contribution in [-0.2, 0) is 24.8 Å². The molecule has 1 fully saturated rings. The first-order valence-electron chi connectivity index (χ1n) is 10.5. The Bertz CT molecular complexity index is 1560. The van der Waals surface area contributed by atoms with Gasteiger partial charge in [0.25, 0.3) is 20.0 Å². The molecule has 0 aliphatic carbocycles. The molecule has 3 aromatic carbocycles. The molecular weight excluding hydrogens is 474 g/mol. The Morgan fingerprint density at radius 1 is 0.941 bits per heavy atom. The smallest absolute Gasteiger partial charge is 0.261 e. The summed E-state index contributed by atoms with van der Waals surface area (Å²) in [7, 11) is -7.47. The molecule has 1 N–H and O–H groups in total. The lowest BCUT2D eigenvalue weighted by molar-refractivity contribution is 0.175. The Balaban J connectivity index is 1.41. The summed E-state index contributed by atoms with van der Waals surface area (Å²) in [5, 5.41) is 2.01. The van der Waals surface area contributed by atoms with Gasteiger partial charge in [0.05, 0.1) is 29.4 Å². The van der Waals surface area contributed by atoms with Gasteiger partial charge in [0, 0.05) is 22.8 Å². The standard InChI is InChI=1S/C24H21N3O5S2/c28-33(29)17-32-15-14-27(33)21-8-10-22(11-9-21)34(30,31)26-20-6-3-5-19(16-20)24-23-7-2-1-4-18(23)12-13-25-24/h1-13,16,26H,14-15,17H2. The van der Waals surface area contributed by atoms with Crippen LogP contribution in [0.1, 0.15) is 0 Å². The predicted octanol–water partition coefficient (Wildman–Crippen LogP) is 3.83. The van der Waals surface area contributed by atoms with E-state index >= 15 is 0 Å². The van der Waals surface area contributed by atoms with Gasteiger partial charge in [-0.05, 0) is 47.9 Å². The number of benzene rings is 3. The lowest BCUT2D eigenvalue weighted by Crippen LogP contribution is -2.41. The Labute approximate surface area is 197 Å². The fraction of sp³-hybridized carbons (Fsp3) is 0.125. The minimum atomic E-state index is -3.89. The van der Waals surface area contributed by atoms with E-state index in [0.717, 1.165) is 22.0 Å². The van der Waals surface area contributed by atoms with Gasteiger partial charge in [-0.1, -0.05) is 36.4 Å². The summed E-state index contributed by atoms with van der Waals surface area (Å²) in [4.78, 5) is 4.52. The number of nitrogens with one attached hydrogen (secondary N) is 1. The Morgan fingerprint density at radius 3 is 2.53 bits per heavy atom. The molecule has 0 saturated carbocycles. The number of nitrogens with zero attached hydrogens (tertiary/aromatic N) is 2. The monoisotopic (exact) mass is 495 g/mol. The highest BCUT2D eigenvalue weighted by atomic mass is 32.2. The zero-order valence-corrected chi connectivity index (χ0v) is 19.6. The van der Waals surface area contributed by atoms with Gasteiger partial charge in [-0.15, -0.1) is 0 Å². The molecule has 0 unspecified atom stereocenters. The third-order valence-corrected chi connectivity index (χ3v) is 8.43. The molecular formula is C24H21N3O5S2. The van der Waals surface area contributed by atoms with Crippen LogP contribution in [0.25, 0.3) is 22.0 Å². The highest BCUT2D eigenvalue weighted by molar-refractivity contribution is 7.93. The summed E-state index contributed by atoms with van der Waals surface area (Å²) in [6, 6.07) is 22.6. The lowest BCUT2D eigenvalue weighted by Gasteiger charge is -2.28. The molecule has 1 aliphatic heterocycles. The molecule has 5 rings (SSSR count). The largest absolute Gasteiger partial charge is 0.362 e. The second-order valence-corrected chi connectivity index (χ2v) is 11.3. The van der Waals surface area contributed by atoms with E-state index in [2.05, 4.69) is 9.71 Å². The van der Waals surface area contributed by atoms with E-state index in [0.29, 0.717) is 11.4 Å². The van der Waals surface area contributed by atoms with Crippen molar-refractivity contribution in [2.75, 3.05) is 28.1 Å².